The van der Waals surface area contributed by atoms with Crippen molar-refractivity contribution in [2.75, 3.05) is 56.2 Å². The molecule has 1 aromatic rings. The predicted octanol–water partition coefficient (Wildman–Crippen LogP) is 0.763. The third-order valence-corrected chi connectivity index (χ3v) is 5.09. The van der Waals surface area contributed by atoms with Crippen LogP contribution in [0.25, 0.3) is 0 Å². The lowest BCUT2D eigenvalue weighted by molar-refractivity contribution is -0.136. The second-order valence-corrected chi connectivity index (χ2v) is 7.14. The van der Waals surface area contributed by atoms with Gasteiger partial charge in [0.1, 0.15) is 0 Å². The van der Waals surface area contributed by atoms with Gasteiger partial charge in [-0.2, -0.15) is 0 Å². The van der Waals surface area contributed by atoms with Gasteiger partial charge in [-0.25, -0.2) is 0 Å². The lowest BCUT2D eigenvalue weighted by Gasteiger charge is -2.29. The molecule has 0 atom stereocenters. The molecule has 0 bridgehead atoms. The summed E-state index contributed by atoms with van der Waals surface area (Å²) in [6.45, 7) is 6.83. The van der Waals surface area contributed by atoms with E-state index in [0.717, 1.165) is 63.4 Å². The normalized spacial score (nSPS) is 17.0. The van der Waals surface area contributed by atoms with E-state index in [1.54, 1.807) is 17.0 Å². The molecular formula is C20H28N4O4. The Labute approximate surface area is 165 Å². The van der Waals surface area contributed by atoms with Gasteiger partial charge in [0.25, 0.3) is 0 Å². The fourth-order valence-corrected chi connectivity index (χ4v) is 3.58. The molecule has 0 unspecified atom stereocenters. The summed E-state index contributed by atoms with van der Waals surface area (Å²) < 4.78 is 5.30. The highest BCUT2D eigenvalue weighted by Crippen LogP contribution is 2.30. The van der Waals surface area contributed by atoms with Gasteiger partial charge in [-0.3, -0.25) is 19.3 Å². The largest absolute Gasteiger partial charge is 0.379 e. The third-order valence-electron chi connectivity index (χ3n) is 5.09. The van der Waals surface area contributed by atoms with Gasteiger partial charge < -0.3 is 20.3 Å². The molecule has 2 heterocycles. The van der Waals surface area contributed by atoms with Crippen molar-refractivity contribution >= 4 is 29.1 Å². The topological polar surface area (TPSA) is 91.0 Å². The van der Waals surface area contributed by atoms with Crippen LogP contribution in [-0.4, -0.2) is 68.6 Å². The molecule has 1 aromatic carbocycles. The minimum atomic E-state index is -0.698. The molecule has 1 saturated heterocycles. The number of nitrogens with one attached hydrogen (secondary N) is 2. The number of aryl methyl sites for hydroxylation is 1. The van der Waals surface area contributed by atoms with Crippen molar-refractivity contribution in [3.8, 4) is 0 Å². The molecule has 0 radical (unpaired) electrons. The van der Waals surface area contributed by atoms with Gasteiger partial charge in [-0.05, 0) is 43.5 Å². The molecule has 152 valence electrons. The predicted molar refractivity (Wildman–Crippen MR) is 106 cm³/mol. The highest BCUT2D eigenvalue weighted by atomic mass is 16.5. The first-order chi connectivity index (χ1) is 13.5. The first-order valence-corrected chi connectivity index (χ1v) is 9.85. The number of benzene rings is 1. The number of ether oxygens (including phenoxy) is 1. The molecule has 0 aromatic heterocycles. The van der Waals surface area contributed by atoms with E-state index >= 15 is 0 Å². The van der Waals surface area contributed by atoms with Crippen molar-refractivity contribution in [2.24, 2.45) is 0 Å². The quantitative estimate of drug-likeness (QED) is 0.574. The first-order valence-electron chi connectivity index (χ1n) is 9.85. The SMILES string of the molecule is CC(=O)N1CCCc2ccc(NC(=O)C(=O)NCCCN3CCOCC3)cc21. The van der Waals surface area contributed by atoms with Crippen LogP contribution in [-0.2, 0) is 25.5 Å². The maximum absolute atomic E-state index is 12.2. The second-order valence-electron chi connectivity index (χ2n) is 7.14. The highest BCUT2D eigenvalue weighted by Gasteiger charge is 2.21. The number of hydrogen-bond acceptors (Lipinski definition) is 5. The number of carbonyl (C=O) groups is 3. The Morgan fingerprint density at radius 3 is 2.64 bits per heavy atom. The molecule has 2 aliphatic heterocycles. The Balaban J connectivity index is 1.48. The van der Waals surface area contributed by atoms with E-state index in [4.69, 9.17) is 4.74 Å². The van der Waals surface area contributed by atoms with Gasteiger partial charge >= 0.3 is 11.8 Å². The van der Waals surface area contributed by atoms with Crippen LogP contribution in [0.1, 0.15) is 25.3 Å². The molecule has 0 aliphatic carbocycles. The molecule has 2 N–H and O–H groups in total. The Hall–Kier alpha value is -2.45. The highest BCUT2D eigenvalue weighted by molar-refractivity contribution is 6.39. The number of hydrogen-bond donors (Lipinski definition) is 2. The second kappa shape index (κ2) is 9.66. The zero-order valence-corrected chi connectivity index (χ0v) is 16.3. The Morgan fingerprint density at radius 2 is 1.89 bits per heavy atom. The van der Waals surface area contributed by atoms with Crippen molar-refractivity contribution in [1.29, 1.82) is 0 Å². The Morgan fingerprint density at radius 1 is 1.11 bits per heavy atom. The molecule has 3 rings (SSSR count). The monoisotopic (exact) mass is 388 g/mol. The van der Waals surface area contributed by atoms with E-state index in [9.17, 15) is 14.4 Å². The average Bonchev–Trinajstić information content (AvgIpc) is 2.71. The minimum Gasteiger partial charge on any atom is -0.379 e. The van der Waals surface area contributed by atoms with E-state index in [0.29, 0.717) is 18.8 Å². The van der Waals surface area contributed by atoms with Crippen molar-refractivity contribution in [3.05, 3.63) is 23.8 Å². The van der Waals surface area contributed by atoms with Gasteiger partial charge in [0, 0.05) is 44.5 Å². The van der Waals surface area contributed by atoms with Crippen LogP contribution in [0, 0.1) is 0 Å². The summed E-state index contributed by atoms with van der Waals surface area (Å²) in [5, 5.41) is 5.28. The van der Waals surface area contributed by atoms with Gasteiger partial charge in [0.05, 0.1) is 13.2 Å². The summed E-state index contributed by atoms with van der Waals surface area (Å²) in [7, 11) is 0. The molecule has 8 heteroatoms. The van der Waals surface area contributed by atoms with E-state index in [1.165, 1.54) is 6.92 Å². The van der Waals surface area contributed by atoms with Crippen LogP contribution >= 0.6 is 0 Å². The summed E-state index contributed by atoms with van der Waals surface area (Å²) in [5.74, 6) is -1.37. The van der Waals surface area contributed by atoms with Crippen molar-refractivity contribution in [3.63, 3.8) is 0 Å². The Kier molecular flexibility index (Phi) is 7.00. The van der Waals surface area contributed by atoms with Gasteiger partial charge in [0.15, 0.2) is 0 Å². The molecule has 28 heavy (non-hydrogen) atoms. The molecule has 2 aliphatic rings. The fraction of sp³-hybridized carbons (Fsp3) is 0.550. The van der Waals surface area contributed by atoms with E-state index in [-0.39, 0.29) is 5.91 Å². The number of anilines is 2. The fourth-order valence-electron chi connectivity index (χ4n) is 3.58. The van der Waals surface area contributed by atoms with Gasteiger partial charge in [0.2, 0.25) is 5.91 Å². The van der Waals surface area contributed by atoms with Crippen molar-refractivity contribution < 1.29 is 19.1 Å². The molecule has 8 nitrogen and oxygen atoms in total. The number of fused-ring (bicyclic) bond motifs is 1. The molecule has 0 spiro atoms. The number of nitrogens with zero attached hydrogens (tertiary/aromatic N) is 2. The summed E-state index contributed by atoms with van der Waals surface area (Å²) in [6, 6.07) is 5.44. The van der Waals surface area contributed by atoms with Crippen LogP contribution in [0.4, 0.5) is 11.4 Å². The van der Waals surface area contributed by atoms with Gasteiger partial charge in [-0.15, -0.1) is 0 Å². The van der Waals surface area contributed by atoms with Crippen LogP contribution in [0.3, 0.4) is 0 Å². The maximum Gasteiger partial charge on any atom is 0.313 e. The lowest BCUT2D eigenvalue weighted by Crippen LogP contribution is -2.40. The molecule has 0 saturated carbocycles. The standard InChI is InChI=1S/C20H28N4O4/c1-15(25)24-9-2-4-16-5-6-17(14-18(16)24)22-20(27)19(26)21-7-3-8-23-10-12-28-13-11-23/h5-6,14H,2-4,7-13H2,1H3,(H,21,26)(H,22,27). The van der Waals surface area contributed by atoms with Crippen molar-refractivity contribution in [2.45, 2.75) is 26.2 Å². The third kappa shape index (κ3) is 5.30. The number of amides is 3. The maximum atomic E-state index is 12.2. The molecule has 1 fully saturated rings. The summed E-state index contributed by atoms with van der Waals surface area (Å²) in [5.41, 5.74) is 2.40. The van der Waals surface area contributed by atoms with Crippen LogP contribution < -0.4 is 15.5 Å². The number of rotatable bonds is 5. The zero-order valence-electron chi connectivity index (χ0n) is 16.3. The van der Waals surface area contributed by atoms with Crippen LogP contribution in [0.15, 0.2) is 18.2 Å². The van der Waals surface area contributed by atoms with Crippen molar-refractivity contribution in [1.82, 2.24) is 10.2 Å². The average molecular weight is 388 g/mol. The first kappa shape index (κ1) is 20.3. The van der Waals surface area contributed by atoms with Crippen LogP contribution in [0.5, 0.6) is 0 Å². The van der Waals surface area contributed by atoms with E-state index in [1.807, 2.05) is 6.07 Å². The summed E-state index contributed by atoms with van der Waals surface area (Å²) in [6.07, 6.45) is 2.60. The Bertz CT molecular complexity index is 731. The van der Waals surface area contributed by atoms with E-state index in [2.05, 4.69) is 15.5 Å². The summed E-state index contributed by atoms with van der Waals surface area (Å²) >= 11 is 0. The minimum absolute atomic E-state index is 0.0255. The van der Waals surface area contributed by atoms with Crippen LogP contribution in [0.2, 0.25) is 0 Å². The number of morpholine rings is 1. The zero-order chi connectivity index (χ0) is 19.9. The molecular weight excluding hydrogens is 360 g/mol. The lowest BCUT2D eigenvalue weighted by atomic mass is 10.0. The smallest absolute Gasteiger partial charge is 0.313 e. The summed E-state index contributed by atoms with van der Waals surface area (Å²) in [4.78, 5) is 40.0. The number of carbonyl (C=O) groups excluding carboxylic acids is 3. The van der Waals surface area contributed by atoms with Gasteiger partial charge in [-0.1, -0.05) is 6.07 Å². The molecule has 3 amide bonds. The van der Waals surface area contributed by atoms with E-state index < -0.39 is 11.8 Å².